The van der Waals surface area contributed by atoms with Gasteiger partial charge in [0, 0.05) is 10.8 Å². The van der Waals surface area contributed by atoms with Crippen LogP contribution in [0.1, 0.15) is 95.9 Å². The summed E-state index contributed by atoms with van der Waals surface area (Å²) in [5, 5.41) is 0. The van der Waals surface area contributed by atoms with Crippen molar-refractivity contribution in [3.05, 3.63) is 0 Å². The summed E-state index contributed by atoms with van der Waals surface area (Å²) in [6.45, 7) is 22.5. The Kier molecular flexibility index (Phi) is 13.7. The summed E-state index contributed by atoms with van der Waals surface area (Å²) in [5.41, 5.74) is -1.20. The second-order valence-electron chi connectivity index (χ2n) is 12.3. The van der Waals surface area contributed by atoms with E-state index in [9.17, 15) is 19.2 Å². The molecule has 36 heavy (non-hydrogen) atoms. The number of ether oxygens (including phenoxy) is 4. The maximum atomic E-state index is 12.6. The van der Waals surface area contributed by atoms with Gasteiger partial charge in [0.05, 0.1) is 37.9 Å². The van der Waals surface area contributed by atoms with E-state index in [2.05, 4.69) is 0 Å². The summed E-state index contributed by atoms with van der Waals surface area (Å²) < 4.78 is 22.2. The third kappa shape index (κ3) is 11.7. The summed E-state index contributed by atoms with van der Waals surface area (Å²) in [4.78, 5) is 49.0. The lowest BCUT2D eigenvalue weighted by Gasteiger charge is -2.36. The van der Waals surface area contributed by atoms with Gasteiger partial charge < -0.3 is 18.9 Å². The predicted molar refractivity (Wildman–Crippen MR) is 138 cm³/mol. The molecule has 0 aliphatic rings. The van der Waals surface area contributed by atoms with Crippen molar-refractivity contribution in [1.29, 1.82) is 0 Å². The molecule has 0 aliphatic heterocycles. The lowest BCUT2D eigenvalue weighted by Crippen LogP contribution is -2.42. The maximum absolute atomic E-state index is 12.6. The second kappa shape index (κ2) is 14.6. The van der Waals surface area contributed by atoms with E-state index in [0.717, 1.165) is 0 Å². The third-order valence-corrected chi connectivity index (χ3v) is 5.92. The van der Waals surface area contributed by atoms with Gasteiger partial charge in [-0.2, -0.15) is 0 Å². The fourth-order valence-corrected chi connectivity index (χ4v) is 4.01. The highest BCUT2D eigenvalue weighted by molar-refractivity contribution is 5.78. The van der Waals surface area contributed by atoms with Crippen LogP contribution in [0.3, 0.4) is 0 Å². The molecule has 2 unspecified atom stereocenters. The van der Waals surface area contributed by atoms with Crippen LogP contribution in [-0.2, 0) is 38.1 Å². The first-order chi connectivity index (χ1) is 16.3. The van der Waals surface area contributed by atoms with E-state index in [0.29, 0.717) is 0 Å². The van der Waals surface area contributed by atoms with Crippen LogP contribution in [0.4, 0.5) is 0 Å². The fourth-order valence-electron chi connectivity index (χ4n) is 4.01. The molecular formula is C28H50O8. The number of hydrogen-bond donors (Lipinski definition) is 0. The van der Waals surface area contributed by atoms with E-state index < -0.39 is 35.0 Å². The maximum Gasteiger partial charge on any atom is 0.308 e. The quantitative estimate of drug-likeness (QED) is 0.213. The van der Waals surface area contributed by atoms with Crippen LogP contribution >= 0.6 is 0 Å². The standard InChI is InChI=1S/C28H50O8/c1-17(2)23(27(9,10)15-33-25(31)19(5)6)35-21(29)13-14-22(30)36-24(18(3)4)28(11,12)16-34-26(32)20(7)8/h17-20,23-24H,13-16H2,1-12H3. The largest absolute Gasteiger partial charge is 0.465 e. The van der Waals surface area contributed by atoms with Crippen molar-refractivity contribution in [2.75, 3.05) is 13.2 Å². The zero-order valence-electron chi connectivity index (χ0n) is 24.6. The Hall–Kier alpha value is -2.12. The van der Waals surface area contributed by atoms with Crippen LogP contribution in [0.2, 0.25) is 0 Å². The molecule has 8 heteroatoms. The van der Waals surface area contributed by atoms with Gasteiger partial charge in [-0.15, -0.1) is 0 Å². The lowest BCUT2D eigenvalue weighted by molar-refractivity contribution is -0.172. The minimum Gasteiger partial charge on any atom is -0.465 e. The topological polar surface area (TPSA) is 105 Å². The van der Waals surface area contributed by atoms with Crippen LogP contribution < -0.4 is 0 Å². The highest BCUT2D eigenvalue weighted by Crippen LogP contribution is 2.32. The Morgan fingerprint density at radius 3 is 1.06 bits per heavy atom. The molecule has 2 atom stereocenters. The van der Waals surface area contributed by atoms with E-state index in [-0.39, 0.29) is 61.7 Å². The molecule has 210 valence electrons. The lowest BCUT2D eigenvalue weighted by atomic mass is 9.81. The monoisotopic (exact) mass is 514 g/mol. The first-order valence-corrected chi connectivity index (χ1v) is 13.0. The number of hydrogen-bond acceptors (Lipinski definition) is 8. The van der Waals surface area contributed by atoms with Gasteiger partial charge in [0.1, 0.15) is 12.2 Å². The number of carbonyl (C=O) groups is 4. The molecule has 0 bridgehead atoms. The van der Waals surface area contributed by atoms with Crippen molar-refractivity contribution in [3.8, 4) is 0 Å². The average molecular weight is 515 g/mol. The molecule has 0 spiro atoms. The van der Waals surface area contributed by atoms with Crippen molar-refractivity contribution in [2.45, 2.75) is 108 Å². The highest BCUT2D eigenvalue weighted by Gasteiger charge is 2.38. The van der Waals surface area contributed by atoms with Gasteiger partial charge in [0.25, 0.3) is 0 Å². The number of rotatable bonds is 15. The van der Waals surface area contributed by atoms with Gasteiger partial charge in [-0.1, -0.05) is 83.1 Å². The molecule has 0 aromatic carbocycles. The number of esters is 4. The number of carbonyl (C=O) groups excluding carboxylic acids is 4. The minimum atomic E-state index is -0.602. The smallest absolute Gasteiger partial charge is 0.308 e. The van der Waals surface area contributed by atoms with E-state index in [1.165, 1.54) is 0 Å². The van der Waals surface area contributed by atoms with Gasteiger partial charge in [-0.05, 0) is 11.8 Å². The Labute approximate surface area is 218 Å². The minimum absolute atomic E-state index is 0.0201. The van der Waals surface area contributed by atoms with Crippen molar-refractivity contribution in [1.82, 2.24) is 0 Å². The van der Waals surface area contributed by atoms with Crippen LogP contribution in [0, 0.1) is 34.5 Å². The summed E-state index contributed by atoms with van der Waals surface area (Å²) in [5.74, 6) is -2.16. The predicted octanol–water partition coefficient (Wildman–Crippen LogP) is 5.35. The van der Waals surface area contributed by atoms with Gasteiger partial charge in [-0.25, -0.2) is 0 Å². The summed E-state index contributed by atoms with van der Waals surface area (Å²) in [7, 11) is 0. The molecule has 0 saturated carbocycles. The molecule has 0 aromatic rings. The molecular weight excluding hydrogens is 464 g/mol. The summed E-state index contributed by atoms with van der Waals surface area (Å²) in [6, 6.07) is 0. The van der Waals surface area contributed by atoms with Crippen LogP contribution in [0.15, 0.2) is 0 Å². The zero-order chi connectivity index (χ0) is 28.4. The molecule has 0 aromatic heterocycles. The van der Waals surface area contributed by atoms with Gasteiger partial charge in [-0.3, -0.25) is 19.2 Å². The normalized spacial score (nSPS) is 14.1. The Morgan fingerprint density at radius 1 is 0.556 bits per heavy atom. The Balaban J connectivity index is 5.04. The van der Waals surface area contributed by atoms with E-state index in [1.54, 1.807) is 27.7 Å². The summed E-state index contributed by atoms with van der Waals surface area (Å²) in [6.07, 6.45) is -1.26. The van der Waals surface area contributed by atoms with Crippen molar-refractivity contribution >= 4 is 23.9 Å². The van der Waals surface area contributed by atoms with Crippen molar-refractivity contribution < 1.29 is 38.1 Å². The van der Waals surface area contributed by atoms with Crippen molar-refractivity contribution in [2.24, 2.45) is 34.5 Å². The molecule has 0 amide bonds. The highest BCUT2D eigenvalue weighted by atomic mass is 16.6. The molecule has 0 rings (SSSR count). The Morgan fingerprint density at radius 2 is 0.833 bits per heavy atom. The van der Waals surface area contributed by atoms with Crippen molar-refractivity contribution in [3.63, 3.8) is 0 Å². The van der Waals surface area contributed by atoms with Gasteiger partial charge in [0.15, 0.2) is 0 Å². The van der Waals surface area contributed by atoms with Crippen LogP contribution in [0.5, 0.6) is 0 Å². The molecule has 0 aliphatic carbocycles. The average Bonchev–Trinajstić information content (AvgIpc) is 2.75. The second-order valence-corrected chi connectivity index (χ2v) is 12.3. The zero-order valence-corrected chi connectivity index (χ0v) is 24.6. The fraction of sp³-hybridized carbons (Fsp3) is 0.857. The first-order valence-electron chi connectivity index (χ1n) is 13.0. The van der Waals surface area contributed by atoms with E-state index >= 15 is 0 Å². The molecule has 0 fully saturated rings. The van der Waals surface area contributed by atoms with Crippen LogP contribution in [-0.4, -0.2) is 49.3 Å². The first kappa shape index (κ1) is 33.9. The summed E-state index contributed by atoms with van der Waals surface area (Å²) >= 11 is 0. The van der Waals surface area contributed by atoms with E-state index in [4.69, 9.17) is 18.9 Å². The van der Waals surface area contributed by atoms with Gasteiger partial charge >= 0.3 is 23.9 Å². The SMILES string of the molecule is CC(C)C(=O)OCC(C)(C)C(OC(=O)CCC(=O)OC(C(C)C)C(C)(C)COC(=O)C(C)C)C(C)C. The molecule has 0 heterocycles. The van der Waals surface area contributed by atoms with Crippen LogP contribution in [0.25, 0.3) is 0 Å². The molecule has 0 radical (unpaired) electrons. The molecule has 0 N–H and O–H groups in total. The third-order valence-electron chi connectivity index (χ3n) is 5.92. The van der Waals surface area contributed by atoms with Gasteiger partial charge in [0.2, 0.25) is 0 Å². The molecule has 0 saturated heterocycles. The molecule has 8 nitrogen and oxygen atoms in total. The van der Waals surface area contributed by atoms with E-state index in [1.807, 2.05) is 55.4 Å². The Bertz CT molecular complexity index is 672.